The molecule has 3 N–H and O–H groups in total. The SMILES string of the molecule is O=C1CCC(N2Cc3cc(NC(=O)c4[nH]cc5c4CCCC5)ccc3C2=O)C(=O)N1. The molecule has 5 rings (SSSR count). The molecule has 1 fully saturated rings. The summed E-state index contributed by atoms with van der Waals surface area (Å²) >= 11 is 0. The molecule has 3 heterocycles. The van der Waals surface area contributed by atoms with Gasteiger partial charge >= 0.3 is 0 Å². The molecule has 1 aromatic carbocycles. The van der Waals surface area contributed by atoms with Gasteiger partial charge in [-0.3, -0.25) is 24.5 Å². The minimum Gasteiger partial charge on any atom is -0.357 e. The summed E-state index contributed by atoms with van der Waals surface area (Å²) < 4.78 is 0. The molecule has 8 nitrogen and oxygen atoms in total. The van der Waals surface area contributed by atoms with Crippen molar-refractivity contribution >= 4 is 29.3 Å². The Hall–Kier alpha value is -3.42. The summed E-state index contributed by atoms with van der Waals surface area (Å²) in [5, 5.41) is 5.22. The second-order valence-corrected chi connectivity index (χ2v) is 8.10. The van der Waals surface area contributed by atoms with Crippen LogP contribution >= 0.6 is 0 Å². The van der Waals surface area contributed by atoms with Gasteiger partial charge in [0, 0.05) is 30.4 Å². The number of piperidine rings is 1. The molecule has 1 atom stereocenters. The lowest BCUT2D eigenvalue weighted by Crippen LogP contribution is -2.52. The quantitative estimate of drug-likeness (QED) is 0.676. The van der Waals surface area contributed by atoms with Crippen molar-refractivity contribution in [1.82, 2.24) is 15.2 Å². The number of carbonyl (C=O) groups excluding carboxylic acids is 4. The van der Waals surface area contributed by atoms with Crippen LogP contribution in [0.3, 0.4) is 0 Å². The molecule has 0 bridgehead atoms. The van der Waals surface area contributed by atoms with E-state index in [1.54, 1.807) is 18.2 Å². The van der Waals surface area contributed by atoms with Crippen LogP contribution in [0, 0.1) is 0 Å². The first-order valence-electron chi connectivity index (χ1n) is 10.3. The third-order valence-electron chi connectivity index (χ3n) is 6.21. The zero-order valence-electron chi connectivity index (χ0n) is 16.4. The Morgan fingerprint density at radius 3 is 2.73 bits per heavy atom. The van der Waals surface area contributed by atoms with Crippen molar-refractivity contribution < 1.29 is 19.2 Å². The van der Waals surface area contributed by atoms with Crippen molar-refractivity contribution in [1.29, 1.82) is 0 Å². The van der Waals surface area contributed by atoms with Gasteiger partial charge < -0.3 is 15.2 Å². The van der Waals surface area contributed by atoms with E-state index in [-0.39, 0.29) is 30.7 Å². The van der Waals surface area contributed by atoms with Gasteiger partial charge in [-0.2, -0.15) is 0 Å². The van der Waals surface area contributed by atoms with Gasteiger partial charge in [-0.05, 0) is 67.0 Å². The first-order valence-corrected chi connectivity index (χ1v) is 10.3. The van der Waals surface area contributed by atoms with E-state index < -0.39 is 11.9 Å². The van der Waals surface area contributed by atoms with E-state index in [9.17, 15) is 19.2 Å². The maximum absolute atomic E-state index is 12.8. The molecule has 0 spiro atoms. The average molecular weight is 406 g/mol. The Bertz CT molecular complexity index is 1090. The highest BCUT2D eigenvalue weighted by Gasteiger charge is 2.39. The standard InChI is InChI=1S/C22H22N4O4/c27-18-8-7-17(20(28)25-18)26-11-13-9-14(5-6-16(13)22(26)30)24-21(29)19-15-4-2-1-3-12(15)10-23-19/h5-6,9-10,17,23H,1-4,7-8,11H2,(H,24,29)(H,25,27,28). The van der Waals surface area contributed by atoms with Crippen LogP contribution in [0.4, 0.5) is 5.69 Å². The lowest BCUT2D eigenvalue weighted by atomic mass is 9.93. The molecule has 4 amide bonds. The van der Waals surface area contributed by atoms with Gasteiger partial charge in [-0.1, -0.05) is 0 Å². The zero-order chi connectivity index (χ0) is 20.8. The zero-order valence-corrected chi connectivity index (χ0v) is 16.4. The van der Waals surface area contributed by atoms with Crippen molar-refractivity contribution in [2.75, 3.05) is 5.32 Å². The minimum atomic E-state index is -0.647. The normalized spacial score (nSPS) is 20.6. The molecule has 2 aliphatic heterocycles. The number of nitrogens with zero attached hydrogens (tertiary/aromatic N) is 1. The number of imide groups is 1. The fraction of sp³-hybridized carbons (Fsp3) is 0.364. The number of hydrogen-bond acceptors (Lipinski definition) is 4. The van der Waals surface area contributed by atoms with Crippen LogP contribution in [-0.4, -0.2) is 39.6 Å². The van der Waals surface area contributed by atoms with Crippen molar-refractivity contribution in [2.45, 2.75) is 51.1 Å². The van der Waals surface area contributed by atoms with Crippen LogP contribution < -0.4 is 10.6 Å². The molecule has 8 heteroatoms. The largest absolute Gasteiger partial charge is 0.357 e. The van der Waals surface area contributed by atoms with E-state index in [0.29, 0.717) is 23.4 Å². The second kappa shape index (κ2) is 7.12. The van der Waals surface area contributed by atoms with E-state index in [1.165, 1.54) is 10.5 Å². The highest BCUT2D eigenvalue weighted by Crippen LogP contribution is 2.30. The molecule has 1 aliphatic carbocycles. The first-order chi connectivity index (χ1) is 14.5. The summed E-state index contributed by atoms with van der Waals surface area (Å²) in [6.07, 6.45) is 6.60. The van der Waals surface area contributed by atoms with Crippen LogP contribution in [0.5, 0.6) is 0 Å². The molecular weight excluding hydrogens is 384 g/mol. The van der Waals surface area contributed by atoms with Crippen molar-refractivity contribution in [3.8, 4) is 0 Å². The summed E-state index contributed by atoms with van der Waals surface area (Å²) in [5.74, 6) is -1.16. The van der Waals surface area contributed by atoms with Gasteiger partial charge in [-0.15, -0.1) is 0 Å². The van der Waals surface area contributed by atoms with E-state index in [1.807, 2.05) is 6.20 Å². The number of rotatable bonds is 3. The molecule has 0 radical (unpaired) electrons. The second-order valence-electron chi connectivity index (χ2n) is 8.10. The Balaban J connectivity index is 1.33. The average Bonchev–Trinajstić information content (AvgIpc) is 3.29. The number of anilines is 1. The summed E-state index contributed by atoms with van der Waals surface area (Å²) in [4.78, 5) is 53.7. The maximum atomic E-state index is 12.8. The van der Waals surface area contributed by atoms with E-state index in [4.69, 9.17) is 0 Å². The Kier molecular flexibility index (Phi) is 4.42. The predicted octanol–water partition coefficient (Wildman–Crippen LogP) is 1.91. The van der Waals surface area contributed by atoms with Gasteiger partial charge in [0.25, 0.3) is 11.8 Å². The number of hydrogen-bond donors (Lipinski definition) is 3. The van der Waals surface area contributed by atoms with Crippen LogP contribution in [0.2, 0.25) is 0 Å². The van der Waals surface area contributed by atoms with Crippen LogP contribution in [0.1, 0.15) is 63.2 Å². The number of aromatic amines is 1. The molecule has 0 saturated carbocycles. The molecule has 1 aromatic heterocycles. The molecule has 2 aromatic rings. The number of carbonyl (C=O) groups is 4. The minimum absolute atomic E-state index is 0.190. The van der Waals surface area contributed by atoms with Crippen molar-refractivity contribution in [3.63, 3.8) is 0 Å². The third kappa shape index (κ3) is 3.08. The Labute approximate surface area is 173 Å². The molecule has 30 heavy (non-hydrogen) atoms. The van der Waals surface area contributed by atoms with Gasteiger partial charge in [0.2, 0.25) is 11.8 Å². The summed E-state index contributed by atoms with van der Waals surface area (Å²) in [7, 11) is 0. The first kappa shape index (κ1) is 18.6. The molecular formula is C22H22N4O4. The van der Waals surface area contributed by atoms with Gasteiger partial charge in [0.05, 0.1) is 0 Å². The van der Waals surface area contributed by atoms with Crippen LogP contribution in [-0.2, 0) is 29.0 Å². The van der Waals surface area contributed by atoms with E-state index >= 15 is 0 Å². The fourth-order valence-electron chi connectivity index (χ4n) is 4.67. The van der Waals surface area contributed by atoms with E-state index in [0.717, 1.165) is 36.8 Å². The molecule has 3 aliphatic rings. The number of nitrogens with one attached hydrogen (secondary N) is 3. The summed E-state index contributed by atoms with van der Waals surface area (Å²) in [6, 6.07) is 4.53. The lowest BCUT2D eigenvalue weighted by Gasteiger charge is -2.29. The summed E-state index contributed by atoms with van der Waals surface area (Å²) in [6.45, 7) is 0.280. The number of H-pyrrole nitrogens is 1. The Morgan fingerprint density at radius 2 is 1.90 bits per heavy atom. The smallest absolute Gasteiger partial charge is 0.272 e. The number of aromatic nitrogens is 1. The van der Waals surface area contributed by atoms with Crippen LogP contribution in [0.15, 0.2) is 24.4 Å². The van der Waals surface area contributed by atoms with Gasteiger partial charge in [-0.25, -0.2) is 0 Å². The molecule has 1 unspecified atom stereocenters. The fourth-order valence-corrected chi connectivity index (χ4v) is 4.67. The van der Waals surface area contributed by atoms with Gasteiger partial charge in [0.1, 0.15) is 11.7 Å². The number of aryl methyl sites for hydroxylation is 1. The number of benzene rings is 1. The monoisotopic (exact) mass is 406 g/mol. The summed E-state index contributed by atoms with van der Waals surface area (Å²) in [5.41, 5.74) is 4.80. The lowest BCUT2D eigenvalue weighted by molar-refractivity contribution is -0.136. The van der Waals surface area contributed by atoms with Crippen molar-refractivity contribution in [3.05, 3.63) is 52.3 Å². The number of amides is 4. The maximum Gasteiger partial charge on any atom is 0.272 e. The highest BCUT2D eigenvalue weighted by atomic mass is 16.2. The number of fused-ring (bicyclic) bond motifs is 2. The molecule has 154 valence electrons. The van der Waals surface area contributed by atoms with Crippen LogP contribution in [0.25, 0.3) is 0 Å². The molecule has 1 saturated heterocycles. The predicted molar refractivity (Wildman–Crippen MR) is 108 cm³/mol. The topological polar surface area (TPSA) is 111 Å². The van der Waals surface area contributed by atoms with E-state index in [2.05, 4.69) is 15.6 Å². The van der Waals surface area contributed by atoms with Gasteiger partial charge in [0.15, 0.2) is 0 Å². The highest BCUT2D eigenvalue weighted by molar-refractivity contribution is 6.07. The third-order valence-corrected chi connectivity index (χ3v) is 6.21. The van der Waals surface area contributed by atoms with Crippen molar-refractivity contribution in [2.24, 2.45) is 0 Å². The Morgan fingerprint density at radius 1 is 1.07 bits per heavy atom.